The van der Waals surface area contributed by atoms with Crippen LogP contribution in [0.25, 0.3) is 11.3 Å². The second-order valence-corrected chi connectivity index (χ2v) is 9.43. The van der Waals surface area contributed by atoms with E-state index in [0.29, 0.717) is 28.8 Å². The van der Waals surface area contributed by atoms with E-state index in [1.807, 2.05) is 104 Å². The predicted octanol–water partition coefficient (Wildman–Crippen LogP) is 7.38. The van der Waals surface area contributed by atoms with E-state index in [1.165, 1.54) is 0 Å². The normalized spacial score (nSPS) is 10.7. The van der Waals surface area contributed by atoms with Crippen molar-refractivity contribution in [2.24, 2.45) is 7.05 Å². The van der Waals surface area contributed by atoms with E-state index >= 15 is 0 Å². The van der Waals surface area contributed by atoms with Gasteiger partial charge in [0.2, 0.25) is 5.88 Å². The average molecular weight is 538 g/mol. The van der Waals surface area contributed by atoms with E-state index in [9.17, 15) is 4.79 Å². The van der Waals surface area contributed by atoms with Gasteiger partial charge in [0.05, 0.1) is 29.8 Å². The summed E-state index contributed by atoms with van der Waals surface area (Å²) in [5, 5.41) is 5.23. The lowest BCUT2D eigenvalue weighted by Gasteiger charge is -2.24. The molecular formula is C32H28ClN3O3. The Kier molecular flexibility index (Phi) is 7.94. The molecule has 0 fully saturated rings. The molecule has 0 bridgehead atoms. The van der Waals surface area contributed by atoms with Crippen molar-refractivity contribution in [3.05, 3.63) is 131 Å². The van der Waals surface area contributed by atoms with Gasteiger partial charge in [-0.2, -0.15) is 5.10 Å². The lowest BCUT2D eigenvalue weighted by atomic mass is 10.1. The largest absolute Gasteiger partial charge is 0.497 e. The topological polar surface area (TPSA) is 56.6 Å². The van der Waals surface area contributed by atoms with E-state index in [-0.39, 0.29) is 12.5 Å². The van der Waals surface area contributed by atoms with E-state index in [0.717, 1.165) is 28.1 Å². The van der Waals surface area contributed by atoms with Crippen molar-refractivity contribution in [3.8, 4) is 28.6 Å². The van der Waals surface area contributed by atoms with E-state index < -0.39 is 0 Å². The Balaban J connectivity index is 1.59. The third-order valence-corrected chi connectivity index (χ3v) is 6.70. The summed E-state index contributed by atoms with van der Waals surface area (Å²) in [6.45, 7) is 0.637. The first-order valence-corrected chi connectivity index (χ1v) is 12.9. The highest BCUT2D eigenvalue weighted by Crippen LogP contribution is 2.35. The number of nitrogens with zero attached hydrogens (tertiary/aromatic N) is 3. The van der Waals surface area contributed by atoms with Gasteiger partial charge in [-0.15, -0.1) is 0 Å². The summed E-state index contributed by atoms with van der Waals surface area (Å²) in [6.07, 6.45) is 0. The smallest absolute Gasteiger partial charge is 0.255 e. The summed E-state index contributed by atoms with van der Waals surface area (Å²) in [7, 11) is 3.46. The van der Waals surface area contributed by atoms with Crippen LogP contribution in [0.1, 0.15) is 21.5 Å². The second-order valence-electron chi connectivity index (χ2n) is 9.03. The monoisotopic (exact) mass is 537 g/mol. The predicted molar refractivity (Wildman–Crippen MR) is 153 cm³/mol. The summed E-state index contributed by atoms with van der Waals surface area (Å²) >= 11 is 6.46. The lowest BCUT2D eigenvalue weighted by Crippen LogP contribution is -2.30. The van der Waals surface area contributed by atoms with Crippen LogP contribution in [-0.4, -0.2) is 27.7 Å². The Labute approximate surface area is 233 Å². The fourth-order valence-corrected chi connectivity index (χ4v) is 4.62. The van der Waals surface area contributed by atoms with Crippen LogP contribution in [0.3, 0.4) is 0 Å². The van der Waals surface area contributed by atoms with Crippen LogP contribution in [0, 0.1) is 0 Å². The molecule has 39 heavy (non-hydrogen) atoms. The number of hydrogen-bond acceptors (Lipinski definition) is 4. The fourth-order valence-electron chi connectivity index (χ4n) is 4.41. The molecular weight excluding hydrogens is 510 g/mol. The molecule has 1 heterocycles. The number of carbonyl (C=O) groups is 1. The molecule has 5 aromatic rings. The van der Waals surface area contributed by atoms with Crippen LogP contribution in [0.2, 0.25) is 5.02 Å². The Morgan fingerprint density at radius 1 is 0.821 bits per heavy atom. The van der Waals surface area contributed by atoms with Crippen LogP contribution < -0.4 is 9.47 Å². The quantitative estimate of drug-likeness (QED) is 0.197. The molecule has 0 aliphatic heterocycles. The maximum absolute atomic E-state index is 13.9. The maximum atomic E-state index is 13.9. The van der Waals surface area contributed by atoms with Gasteiger partial charge >= 0.3 is 0 Å². The highest BCUT2D eigenvalue weighted by molar-refractivity contribution is 6.33. The van der Waals surface area contributed by atoms with Crippen molar-refractivity contribution >= 4 is 17.5 Å². The number of halogens is 1. The van der Waals surface area contributed by atoms with Crippen molar-refractivity contribution in [2.45, 2.75) is 13.1 Å². The minimum absolute atomic E-state index is 0.178. The van der Waals surface area contributed by atoms with Crippen LogP contribution in [0.15, 0.2) is 109 Å². The molecule has 0 aliphatic carbocycles. The zero-order valence-electron chi connectivity index (χ0n) is 21.8. The first-order chi connectivity index (χ1) is 19.0. The lowest BCUT2D eigenvalue weighted by molar-refractivity contribution is 0.0729. The van der Waals surface area contributed by atoms with Crippen molar-refractivity contribution in [2.75, 3.05) is 7.11 Å². The first-order valence-electron chi connectivity index (χ1n) is 12.5. The van der Waals surface area contributed by atoms with Gasteiger partial charge in [-0.3, -0.25) is 4.79 Å². The van der Waals surface area contributed by atoms with Crippen molar-refractivity contribution < 1.29 is 14.3 Å². The van der Waals surface area contributed by atoms with Crippen LogP contribution in [0.5, 0.6) is 17.4 Å². The molecule has 0 N–H and O–H groups in total. The number of hydrogen-bond donors (Lipinski definition) is 0. The maximum Gasteiger partial charge on any atom is 0.255 e. The van der Waals surface area contributed by atoms with Gasteiger partial charge in [-0.25, -0.2) is 4.68 Å². The molecule has 0 saturated heterocycles. The first kappa shape index (κ1) is 26.1. The molecule has 0 atom stereocenters. The zero-order valence-corrected chi connectivity index (χ0v) is 22.5. The van der Waals surface area contributed by atoms with Crippen molar-refractivity contribution in [3.63, 3.8) is 0 Å². The molecule has 1 amide bonds. The Morgan fingerprint density at radius 2 is 1.44 bits per heavy atom. The summed E-state index contributed by atoms with van der Waals surface area (Å²) < 4.78 is 13.4. The molecule has 196 valence electrons. The number of ether oxygens (including phenoxy) is 2. The summed E-state index contributed by atoms with van der Waals surface area (Å²) in [5.41, 5.74) is 3.90. The van der Waals surface area contributed by atoms with Crippen molar-refractivity contribution in [1.82, 2.24) is 14.7 Å². The zero-order chi connectivity index (χ0) is 27.2. The molecule has 0 spiro atoms. The molecule has 4 aromatic carbocycles. The number of carbonyl (C=O) groups excluding carboxylic acids is 1. The second kappa shape index (κ2) is 11.9. The molecule has 0 unspecified atom stereocenters. The Bertz CT molecular complexity index is 1550. The Hall–Kier alpha value is -4.55. The number of methoxy groups -OCH3 is 1. The van der Waals surface area contributed by atoms with Gasteiger partial charge in [-0.1, -0.05) is 84.4 Å². The number of aryl methyl sites for hydroxylation is 1. The third kappa shape index (κ3) is 5.97. The molecule has 6 nitrogen and oxygen atoms in total. The van der Waals surface area contributed by atoms with Gasteiger partial charge in [-0.05, 0) is 42.0 Å². The molecule has 0 radical (unpaired) electrons. The van der Waals surface area contributed by atoms with E-state index in [1.54, 1.807) is 28.8 Å². The van der Waals surface area contributed by atoms with Crippen LogP contribution >= 0.6 is 11.6 Å². The fraction of sp³-hybridized carbons (Fsp3) is 0.125. The molecule has 0 aliphatic rings. The summed E-state index contributed by atoms with van der Waals surface area (Å²) in [6, 6.07) is 34.3. The average Bonchev–Trinajstić information content (AvgIpc) is 3.28. The number of benzene rings is 4. The molecule has 7 heteroatoms. The van der Waals surface area contributed by atoms with E-state index in [4.69, 9.17) is 26.2 Å². The van der Waals surface area contributed by atoms with E-state index in [2.05, 4.69) is 0 Å². The number of aromatic nitrogens is 2. The summed E-state index contributed by atoms with van der Waals surface area (Å²) in [4.78, 5) is 15.7. The molecule has 0 saturated carbocycles. The minimum atomic E-state index is -0.178. The minimum Gasteiger partial charge on any atom is -0.497 e. The highest BCUT2D eigenvalue weighted by atomic mass is 35.5. The Morgan fingerprint density at radius 3 is 2.10 bits per heavy atom. The van der Waals surface area contributed by atoms with Crippen LogP contribution in [-0.2, 0) is 20.1 Å². The van der Waals surface area contributed by atoms with Gasteiger partial charge < -0.3 is 14.4 Å². The van der Waals surface area contributed by atoms with Crippen LogP contribution in [0.4, 0.5) is 0 Å². The van der Waals surface area contributed by atoms with Gasteiger partial charge in [0.1, 0.15) is 17.2 Å². The number of amides is 1. The SMILES string of the molecule is COc1ccc(Oc2c(CN(Cc3ccccc3)C(=O)c3ccccc3Cl)c(-c3ccccc3)nn2C)cc1. The van der Waals surface area contributed by atoms with Gasteiger partial charge in [0, 0.05) is 19.2 Å². The molecule has 5 rings (SSSR count). The highest BCUT2D eigenvalue weighted by Gasteiger charge is 2.26. The van der Waals surface area contributed by atoms with Gasteiger partial charge in [0.25, 0.3) is 5.91 Å². The van der Waals surface area contributed by atoms with Gasteiger partial charge in [0.15, 0.2) is 0 Å². The summed E-state index contributed by atoms with van der Waals surface area (Å²) in [5.74, 6) is 1.73. The van der Waals surface area contributed by atoms with Crippen molar-refractivity contribution in [1.29, 1.82) is 0 Å². The standard InChI is InChI=1S/C32H28ClN3O3/c1-35-32(39-26-19-17-25(38-2)18-20-26)28(30(34-35)24-13-7-4-8-14-24)22-36(21-23-11-5-3-6-12-23)31(37)27-15-9-10-16-29(27)33/h3-20H,21-22H2,1-2H3. The number of rotatable bonds is 9. The third-order valence-electron chi connectivity index (χ3n) is 6.37. The molecule has 1 aromatic heterocycles.